The van der Waals surface area contributed by atoms with Crippen LogP contribution in [0.2, 0.25) is 0 Å². The van der Waals surface area contributed by atoms with Gasteiger partial charge in [-0.25, -0.2) is 0 Å². The fourth-order valence-electron chi connectivity index (χ4n) is 0.618. The summed E-state index contributed by atoms with van der Waals surface area (Å²) in [6.07, 6.45) is 0. The van der Waals surface area contributed by atoms with E-state index in [4.69, 9.17) is 11.1 Å². The first-order chi connectivity index (χ1) is 4.30. The molecule has 1 aromatic carbocycles. The lowest BCUT2D eigenvalue weighted by atomic mass is 10.2. The summed E-state index contributed by atoms with van der Waals surface area (Å²) in [7, 11) is 0. The van der Waals surface area contributed by atoms with Crippen molar-refractivity contribution in [3.63, 3.8) is 0 Å². The van der Waals surface area contributed by atoms with Crippen LogP contribution in [0.25, 0.3) is 0 Å². The maximum atomic E-state index is 7.01. The molecule has 0 aromatic heterocycles. The van der Waals surface area contributed by atoms with Crippen molar-refractivity contribution in [2.24, 2.45) is 5.73 Å². The molecule has 54 valence electrons. The van der Waals surface area contributed by atoms with Gasteiger partial charge in [0.15, 0.2) is 0 Å². The molecule has 10 heavy (non-hydrogen) atoms. The summed E-state index contributed by atoms with van der Waals surface area (Å²) < 4.78 is 0. The number of hydrogen-bond acceptors (Lipinski definition) is 1. The van der Waals surface area contributed by atoms with Crippen LogP contribution in [0.4, 0.5) is 0 Å². The van der Waals surface area contributed by atoms with Gasteiger partial charge in [-0.2, -0.15) is 0 Å². The zero-order valence-corrected chi connectivity index (χ0v) is 4.96. The van der Waals surface area contributed by atoms with Crippen LogP contribution < -0.4 is 5.73 Å². The van der Waals surface area contributed by atoms with Gasteiger partial charge in [0.25, 0.3) is 0 Å². The average Bonchev–Trinajstić information content (AvgIpc) is 1.90. The molecule has 0 aliphatic heterocycles. The molecule has 0 aliphatic carbocycles. The molecule has 0 bridgehead atoms. The Morgan fingerprint density at radius 1 is 1.20 bits per heavy atom. The van der Waals surface area contributed by atoms with E-state index < -0.39 is 0 Å². The Morgan fingerprint density at radius 2 is 1.70 bits per heavy atom. The van der Waals surface area contributed by atoms with E-state index in [-0.39, 0.29) is 13.3 Å². The molecular formula is C8H12N2. The van der Waals surface area contributed by atoms with E-state index in [1.165, 1.54) is 0 Å². The maximum Gasteiger partial charge on any atom is 0.122 e. The quantitative estimate of drug-likeness (QED) is 0.447. The number of nitrogens with one attached hydrogen (secondary N) is 1. The van der Waals surface area contributed by atoms with Gasteiger partial charge < -0.3 is 5.73 Å². The molecule has 0 atom stereocenters. The van der Waals surface area contributed by atoms with Gasteiger partial charge in [0.05, 0.1) is 0 Å². The maximum absolute atomic E-state index is 7.01. The molecule has 3 N–H and O–H groups in total. The molecule has 0 spiro atoms. The van der Waals surface area contributed by atoms with Gasteiger partial charge in [0.2, 0.25) is 0 Å². The molecule has 1 rings (SSSR count). The van der Waals surface area contributed by atoms with Crippen molar-refractivity contribution in [1.82, 2.24) is 0 Å². The van der Waals surface area contributed by atoms with E-state index in [1.54, 1.807) is 0 Å². The van der Waals surface area contributed by atoms with Gasteiger partial charge in [-0.3, -0.25) is 5.41 Å². The fraction of sp³-hybridized carbons (Fsp3) is 0.125. The Hall–Kier alpha value is -1.31. The molecule has 0 unspecified atom stereocenters. The predicted molar refractivity (Wildman–Crippen MR) is 44.2 cm³/mol. The third-order valence-electron chi connectivity index (χ3n) is 1.08. The standard InChI is InChI=1S/C7H8N2.CH4/c8-7(9)6-4-2-1-3-5-6;/h1-5H,(H3,8,9);1H4. The first-order valence-electron chi connectivity index (χ1n) is 2.70. The van der Waals surface area contributed by atoms with Crippen molar-refractivity contribution >= 4 is 5.84 Å². The van der Waals surface area contributed by atoms with Crippen molar-refractivity contribution < 1.29 is 0 Å². The Kier molecular flexibility index (Phi) is 3.19. The van der Waals surface area contributed by atoms with Gasteiger partial charge in [-0.05, 0) is 0 Å². The van der Waals surface area contributed by atoms with Gasteiger partial charge in [0.1, 0.15) is 5.84 Å². The number of nitrogen functional groups attached to an aromatic ring is 1. The highest BCUT2D eigenvalue weighted by Gasteiger charge is 1.89. The second-order valence-electron chi connectivity index (χ2n) is 1.78. The number of amidine groups is 1. The first kappa shape index (κ1) is 8.69. The Bertz CT molecular complexity index is 204. The second-order valence-corrected chi connectivity index (χ2v) is 1.78. The van der Waals surface area contributed by atoms with E-state index in [0.717, 1.165) is 5.56 Å². The van der Waals surface area contributed by atoms with Crippen molar-refractivity contribution in [3.05, 3.63) is 35.9 Å². The second kappa shape index (κ2) is 3.67. The zero-order chi connectivity index (χ0) is 6.69. The molecular weight excluding hydrogens is 124 g/mol. The monoisotopic (exact) mass is 136 g/mol. The van der Waals surface area contributed by atoms with E-state index >= 15 is 0 Å². The van der Waals surface area contributed by atoms with Crippen LogP contribution >= 0.6 is 0 Å². The summed E-state index contributed by atoms with van der Waals surface area (Å²) in [5.41, 5.74) is 5.97. The molecule has 0 fully saturated rings. The summed E-state index contributed by atoms with van der Waals surface area (Å²) >= 11 is 0. The summed E-state index contributed by atoms with van der Waals surface area (Å²) in [4.78, 5) is 0. The third-order valence-corrected chi connectivity index (χ3v) is 1.08. The predicted octanol–water partition coefficient (Wildman–Crippen LogP) is 1.61. The summed E-state index contributed by atoms with van der Waals surface area (Å²) in [5.74, 6) is 0.121. The Balaban J connectivity index is 0.000000810. The van der Waals surface area contributed by atoms with Gasteiger partial charge >= 0.3 is 0 Å². The average molecular weight is 136 g/mol. The summed E-state index contributed by atoms with van der Waals surface area (Å²) in [6, 6.07) is 9.23. The molecule has 0 radical (unpaired) electrons. The van der Waals surface area contributed by atoms with E-state index in [0.29, 0.717) is 0 Å². The minimum absolute atomic E-state index is 0. The fourth-order valence-corrected chi connectivity index (χ4v) is 0.618. The Morgan fingerprint density at radius 3 is 2.00 bits per heavy atom. The molecule has 2 nitrogen and oxygen atoms in total. The van der Waals surface area contributed by atoms with Gasteiger partial charge in [0, 0.05) is 5.56 Å². The molecule has 2 heteroatoms. The van der Waals surface area contributed by atoms with E-state index in [9.17, 15) is 0 Å². The highest BCUT2D eigenvalue weighted by molar-refractivity contribution is 5.94. The van der Waals surface area contributed by atoms with E-state index in [1.807, 2.05) is 30.3 Å². The first-order valence-corrected chi connectivity index (χ1v) is 2.70. The van der Waals surface area contributed by atoms with Crippen molar-refractivity contribution in [3.8, 4) is 0 Å². The van der Waals surface area contributed by atoms with Crippen molar-refractivity contribution in [1.29, 1.82) is 5.41 Å². The number of hydrogen-bond donors (Lipinski definition) is 2. The van der Waals surface area contributed by atoms with Crippen LogP contribution in [0.15, 0.2) is 30.3 Å². The SMILES string of the molecule is C.N=C(N)c1ccccc1. The number of nitrogens with two attached hydrogens (primary N) is 1. The number of rotatable bonds is 1. The van der Waals surface area contributed by atoms with Crippen LogP contribution in [0.3, 0.4) is 0 Å². The lowest BCUT2D eigenvalue weighted by Gasteiger charge is -1.93. The molecule has 0 amide bonds. The highest BCUT2D eigenvalue weighted by atomic mass is 14.7. The zero-order valence-electron chi connectivity index (χ0n) is 4.96. The summed E-state index contributed by atoms with van der Waals surface area (Å²) in [5, 5.41) is 7.01. The van der Waals surface area contributed by atoms with E-state index in [2.05, 4.69) is 0 Å². The van der Waals surface area contributed by atoms with Crippen LogP contribution in [0.1, 0.15) is 13.0 Å². The lowest BCUT2D eigenvalue weighted by molar-refractivity contribution is 1.42. The van der Waals surface area contributed by atoms with Crippen molar-refractivity contribution in [2.75, 3.05) is 0 Å². The molecule has 0 saturated heterocycles. The van der Waals surface area contributed by atoms with Gasteiger partial charge in [-0.15, -0.1) is 0 Å². The molecule has 0 saturated carbocycles. The van der Waals surface area contributed by atoms with Crippen LogP contribution in [-0.4, -0.2) is 5.84 Å². The largest absolute Gasteiger partial charge is 0.384 e. The minimum Gasteiger partial charge on any atom is -0.384 e. The van der Waals surface area contributed by atoms with Crippen LogP contribution in [-0.2, 0) is 0 Å². The van der Waals surface area contributed by atoms with Crippen molar-refractivity contribution in [2.45, 2.75) is 7.43 Å². The van der Waals surface area contributed by atoms with Crippen LogP contribution in [0.5, 0.6) is 0 Å². The minimum atomic E-state index is 0. The molecule has 0 aliphatic rings. The lowest BCUT2D eigenvalue weighted by Crippen LogP contribution is -2.10. The highest BCUT2D eigenvalue weighted by Crippen LogP contribution is 1.94. The topological polar surface area (TPSA) is 49.9 Å². The smallest absolute Gasteiger partial charge is 0.122 e. The van der Waals surface area contributed by atoms with Crippen LogP contribution in [0, 0.1) is 5.41 Å². The van der Waals surface area contributed by atoms with Gasteiger partial charge in [-0.1, -0.05) is 37.8 Å². The molecule has 1 aromatic rings. The Labute approximate surface area is 61.2 Å². The molecule has 0 heterocycles. The third kappa shape index (κ3) is 1.90. The number of benzene rings is 1. The normalized spacial score (nSPS) is 8.00. The summed E-state index contributed by atoms with van der Waals surface area (Å²) in [6.45, 7) is 0.